The summed E-state index contributed by atoms with van der Waals surface area (Å²) in [7, 11) is 5.86. The molecule has 26 heavy (non-hydrogen) atoms. The number of carbonyl (C=O) groups excluding carboxylic acids is 1. The second-order valence-corrected chi connectivity index (χ2v) is 8.42. The van der Waals surface area contributed by atoms with Gasteiger partial charge in [-0.25, -0.2) is 4.98 Å². The highest BCUT2D eigenvalue weighted by atomic mass is 32.1. The molecule has 140 valence electrons. The molecule has 0 saturated carbocycles. The monoisotopic (exact) mass is 373 g/mol. The summed E-state index contributed by atoms with van der Waals surface area (Å²) in [5.74, 6) is 1.36. The Labute approximate surface area is 159 Å². The van der Waals surface area contributed by atoms with E-state index in [1.165, 1.54) is 5.56 Å². The van der Waals surface area contributed by atoms with Gasteiger partial charge in [0.05, 0.1) is 24.2 Å². The third-order valence-electron chi connectivity index (χ3n) is 5.16. The number of aromatic nitrogens is 1. The van der Waals surface area contributed by atoms with Crippen LogP contribution in [-0.2, 0) is 11.2 Å². The molecule has 1 aliphatic rings. The molecular formula is C20H27N3O2S. The fraction of sp³-hybridized carbons (Fsp3) is 0.500. The summed E-state index contributed by atoms with van der Waals surface area (Å²) >= 11 is 1.63. The average Bonchev–Trinajstić information content (AvgIpc) is 3.19. The summed E-state index contributed by atoms with van der Waals surface area (Å²) in [6.07, 6.45) is 0.451. The Bertz CT molecular complexity index is 770. The zero-order valence-electron chi connectivity index (χ0n) is 16.2. The molecule has 2 heterocycles. The van der Waals surface area contributed by atoms with Crippen LogP contribution in [0.15, 0.2) is 24.3 Å². The van der Waals surface area contributed by atoms with Gasteiger partial charge < -0.3 is 14.5 Å². The minimum Gasteiger partial charge on any atom is -0.497 e. The lowest BCUT2D eigenvalue weighted by Crippen LogP contribution is -2.36. The van der Waals surface area contributed by atoms with E-state index in [4.69, 9.17) is 4.74 Å². The molecule has 6 heteroatoms. The van der Waals surface area contributed by atoms with Crippen LogP contribution in [0.25, 0.3) is 0 Å². The van der Waals surface area contributed by atoms with Crippen LogP contribution in [0, 0.1) is 13.8 Å². The molecule has 0 aliphatic carbocycles. The normalized spacial score (nSPS) is 20.0. The van der Waals surface area contributed by atoms with Gasteiger partial charge in [-0.3, -0.25) is 4.79 Å². The predicted molar refractivity (Wildman–Crippen MR) is 105 cm³/mol. The van der Waals surface area contributed by atoms with Gasteiger partial charge in [0, 0.05) is 29.9 Å². The van der Waals surface area contributed by atoms with E-state index in [0.29, 0.717) is 18.4 Å². The molecule has 1 saturated heterocycles. The van der Waals surface area contributed by atoms with Crippen molar-refractivity contribution in [2.24, 2.45) is 0 Å². The zero-order valence-corrected chi connectivity index (χ0v) is 17.0. The van der Waals surface area contributed by atoms with Crippen LogP contribution in [0.5, 0.6) is 5.75 Å². The van der Waals surface area contributed by atoms with E-state index in [-0.39, 0.29) is 5.91 Å². The Morgan fingerprint density at radius 1 is 1.27 bits per heavy atom. The molecule has 1 aromatic carbocycles. The Morgan fingerprint density at radius 2 is 1.96 bits per heavy atom. The molecule has 2 unspecified atom stereocenters. The Kier molecular flexibility index (Phi) is 5.63. The number of thiazole rings is 1. The molecule has 0 bridgehead atoms. The van der Waals surface area contributed by atoms with Crippen LogP contribution in [0.3, 0.4) is 0 Å². The highest BCUT2D eigenvalue weighted by Crippen LogP contribution is 2.32. The number of carbonyl (C=O) groups is 1. The van der Waals surface area contributed by atoms with Crippen molar-refractivity contribution in [3.63, 3.8) is 0 Å². The Hall–Kier alpha value is -1.92. The first-order chi connectivity index (χ1) is 12.4. The smallest absolute Gasteiger partial charge is 0.227 e. The largest absolute Gasteiger partial charge is 0.497 e. The van der Waals surface area contributed by atoms with Gasteiger partial charge in [-0.15, -0.1) is 11.3 Å². The van der Waals surface area contributed by atoms with Crippen molar-refractivity contribution in [3.8, 4) is 5.75 Å². The molecule has 1 amide bonds. The van der Waals surface area contributed by atoms with E-state index >= 15 is 0 Å². The first-order valence-electron chi connectivity index (χ1n) is 8.90. The van der Waals surface area contributed by atoms with Gasteiger partial charge in [0.25, 0.3) is 0 Å². The summed E-state index contributed by atoms with van der Waals surface area (Å²) in [5, 5.41) is 1.02. The van der Waals surface area contributed by atoms with Gasteiger partial charge >= 0.3 is 0 Å². The van der Waals surface area contributed by atoms with E-state index in [0.717, 1.165) is 34.4 Å². The van der Waals surface area contributed by atoms with Crippen LogP contribution in [0.2, 0.25) is 0 Å². The molecule has 2 aromatic rings. The zero-order chi connectivity index (χ0) is 18.8. The molecule has 0 radical (unpaired) electrons. The number of likely N-dealkylation sites (N-methyl/N-ethyl adjacent to an activating group) is 1. The number of hydrogen-bond donors (Lipinski definition) is 0. The minimum absolute atomic E-state index is 0.194. The number of aryl methyl sites for hydroxylation is 2. The van der Waals surface area contributed by atoms with Crippen molar-refractivity contribution in [1.82, 2.24) is 14.8 Å². The summed E-state index contributed by atoms with van der Waals surface area (Å²) in [4.78, 5) is 22.6. The third-order valence-corrected chi connectivity index (χ3v) is 6.23. The number of amides is 1. The molecule has 1 aromatic heterocycles. The molecule has 3 rings (SSSR count). The third kappa shape index (κ3) is 3.91. The summed E-state index contributed by atoms with van der Waals surface area (Å²) in [6.45, 7) is 5.49. The molecule has 5 nitrogen and oxygen atoms in total. The predicted octanol–water partition coefficient (Wildman–Crippen LogP) is 2.87. The first-order valence-corrected chi connectivity index (χ1v) is 9.71. The van der Waals surface area contributed by atoms with Crippen molar-refractivity contribution in [1.29, 1.82) is 0 Å². The van der Waals surface area contributed by atoms with Gasteiger partial charge in [0.15, 0.2) is 0 Å². The summed E-state index contributed by atoms with van der Waals surface area (Å²) < 4.78 is 5.27. The number of ether oxygens (including phenoxy) is 1. The maximum atomic E-state index is 12.9. The fourth-order valence-electron chi connectivity index (χ4n) is 3.68. The lowest BCUT2D eigenvalue weighted by atomic mass is 9.93. The van der Waals surface area contributed by atoms with Crippen LogP contribution >= 0.6 is 11.3 Å². The highest BCUT2D eigenvalue weighted by Gasteiger charge is 2.37. The van der Waals surface area contributed by atoms with Gasteiger partial charge in [-0.2, -0.15) is 0 Å². The molecule has 1 fully saturated rings. The van der Waals surface area contributed by atoms with Gasteiger partial charge in [-0.05, 0) is 45.6 Å². The number of benzene rings is 1. The standard InChI is InChI=1S/C20H27N3O2S/c1-13-19(26-14(2)21-13)10-20(24)23-11-17(18(12-23)22(3)4)15-6-8-16(25-5)9-7-15/h6-9,17-18H,10-12H2,1-5H3. The average molecular weight is 374 g/mol. The van der Waals surface area contributed by atoms with Crippen molar-refractivity contribution >= 4 is 17.2 Å². The van der Waals surface area contributed by atoms with Crippen LogP contribution in [0.1, 0.15) is 27.1 Å². The Balaban J connectivity index is 1.75. The Morgan fingerprint density at radius 3 is 2.50 bits per heavy atom. The van der Waals surface area contributed by atoms with Crippen LogP contribution in [0.4, 0.5) is 0 Å². The number of hydrogen-bond acceptors (Lipinski definition) is 5. The van der Waals surface area contributed by atoms with Crippen molar-refractivity contribution in [3.05, 3.63) is 45.4 Å². The number of methoxy groups -OCH3 is 1. The number of nitrogens with zero attached hydrogens (tertiary/aromatic N) is 3. The lowest BCUT2D eigenvalue weighted by molar-refractivity contribution is -0.129. The van der Waals surface area contributed by atoms with Crippen molar-refractivity contribution < 1.29 is 9.53 Å². The first kappa shape index (κ1) is 18.9. The molecule has 2 atom stereocenters. The van der Waals surface area contributed by atoms with E-state index in [1.807, 2.05) is 30.9 Å². The molecule has 1 aliphatic heterocycles. The second kappa shape index (κ2) is 7.76. The lowest BCUT2D eigenvalue weighted by Gasteiger charge is -2.25. The van der Waals surface area contributed by atoms with E-state index < -0.39 is 0 Å². The highest BCUT2D eigenvalue weighted by molar-refractivity contribution is 7.11. The van der Waals surface area contributed by atoms with Crippen LogP contribution < -0.4 is 4.74 Å². The second-order valence-electron chi connectivity index (χ2n) is 7.13. The fourth-order valence-corrected chi connectivity index (χ4v) is 4.61. The van der Waals surface area contributed by atoms with Gasteiger partial charge in [0.1, 0.15) is 5.75 Å². The quantitative estimate of drug-likeness (QED) is 0.808. The van der Waals surface area contributed by atoms with Crippen molar-refractivity contribution in [2.45, 2.75) is 32.2 Å². The SMILES string of the molecule is COc1ccc(C2CN(C(=O)Cc3sc(C)nc3C)CC2N(C)C)cc1. The van der Waals surface area contributed by atoms with E-state index in [9.17, 15) is 4.79 Å². The van der Waals surface area contributed by atoms with Crippen molar-refractivity contribution in [2.75, 3.05) is 34.3 Å². The molecular weight excluding hydrogens is 346 g/mol. The van der Waals surface area contributed by atoms with Crippen LogP contribution in [-0.4, -0.2) is 61.0 Å². The molecule has 0 N–H and O–H groups in total. The minimum atomic E-state index is 0.194. The van der Waals surface area contributed by atoms with Gasteiger partial charge in [-0.1, -0.05) is 12.1 Å². The maximum Gasteiger partial charge on any atom is 0.227 e. The number of likely N-dealkylation sites (tertiary alicyclic amines) is 1. The summed E-state index contributed by atoms with van der Waals surface area (Å²) in [6, 6.07) is 8.54. The molecule has 0 spiro atoms. The maximum absolute atomic E-state index is 12.9. The van der Waals surface area contributed by atoms with Gasteiger partial charge in [0.2, 0.25) is 5.91 Å². The number of rotatable bonds is 5. The topological polar surface area (TPSA) is 45.7 Å². The summed E-state index contributed by atoms with van der Waals surface area (Å²) in [5.41, 5.74) is 2.24. The van der Waals surface area contributed by atoms with E-state index in [1.54, 1.807) is 18.4 Å². The van der Waals surface area contributed by atoms with E-state index in [2.05, 4.69) is 36.1 Å².